The molecule has 0 bridgehead atoms. The van der Waals surface area contributed by atoms with E-state index in [2.05, 4.69) is 17.6 Å². The molecule has 1 aliphatic carbocycles. The lowest BCUT2D eigenvalue weighted by molar-refractivity contribution is -0.126. The van der Waals surface area contributed by atoms with E-state index in [4.69, 9.17) is 0 Å². The quantitative estimate of drug-likeness (QED) is 0.827. The van der Waals surface area contributed by atoms with E-state index in [-0.39, 0.29) is 12.4 Å². The molecule has 106 valence electrons. The maximum Gasteiger partial charge on any atom is 0.223 e. The second kappa shape index (κ2) is 8.00. The van der Waals surface area contributed by atoms with Crippen molar-refractivity contribution in [1.29, 1.82) is 0 Å². The van der Waals surface area contributed by atoms with Crippen LogP contribution in [0.5, 0.6) is 0 Å². The van der Waals surface area contributed by atoms with Crippen LogP contribution >= 0.6 is 12.4 Å². The summed E-state index contributed by atoms with van der Waals surface area (Å²) in [6, 6.07) is 0.519. The van der Waals surface area contributed by atoms with Gasteiger partial charge in [0.25, 0.3) is 0 Å². The summed E-state index contributed by atoms with van der Waals surface area (Å²) >= 11 is 0. The van der Waals surface area contributed by atoms with E-state index < -0.39 is 0 Å². The van der Waals surface area contributed by atoms with Crippen molar-refractivity contribution in [3.05, 3.63) is 0 Å². The first-order valence-electron chi connectivity index (χ1n) is 7.30. The van der Waals surface area contributed by atoms with E-state index in [9.17, 15) is 4.79 Å². The van der Waals surface area contributed by atoms with Gasteiger partial charge >= 0.3 is 0 Å². The minimum atomic E-state index is 0. The van der Waals surface area contributed by atoms with Crippen LogP contribution in [0, 0.1) is 11.8 Å². The van der Waals surface area contributed by atoms with E-state index in [0.717, 1.165) is 31.8 Å². The SMILES string of the molecule is CCC1CCC(C(=O)NCC2CCCN2)CC1.Cl. The Labute approximate surface area is 117 Å². The van der Waals surface area contributed by atoms with Gasteiger partial charge in [-0.25, -0.2) is 0 Å². The van der Waals surface area contributed by atoms with Crippen LogP contribution < -0.4 is 10.6 Å². The van der Waals surface area contributed by atoms with Gasteiger partial charge < -0.3 is 10.6 Å². The first kappa shape index (κ1) is 15.8. The molecule has 1 amide bonds. The molecule has 0 aromatic heterocycles. The van der Waals surface area contributed by atoms with E-state index in [1.807, 2.05) is 0 Å². The molecule has 1 saturated heterocycles. The van der Waals surface area contributed by atoms with Crippen molar-refractivity contribution in [2.75, 3.05) is 13.1 Å². The van der Waals surface area contributed by atoms with Gasteiger partial charge in [0.15, 0.2) is 0 Å². The second-order valence-corrected chi connectivity index (χ2v) is 5.66. The summed E-state index contributed by atoms with van der Waals surface area (Å²) in [5, 5.41) is 6.54. The summed E-state index contributed by atoms with van der Waals surface area (Å²) in [4.78, 5) is 12.0. The summed E-state index contributed by atoms with van der Waals surface area (Å²) < 4.78 is 0. The molecule has 0 aromatic rings. The van der Waals surface area contributed by atoms with Crippen molar-refractivity contribution >= 4 is 18.3 Å². The summed E-state index contributed by atoms with van der Waals surface area (Å²) in [5.74, 6) is 1.46. The van der Waals surface area contributed by atoms with Gasteiger partial charge in [-0.2, -0.15) is 0 Å². The van der Waals surface area contributed by atoms with Gasteiger partial charge in [0.2, 0.25) is 5.91 Å². The summed E-state index contributed by atoms with van der Waals surface area (Å²) in [7, 11) is 0. The highest BCUT2D eigenvalue weighted by molar-refractivity contribution is 5.85. The van der Waals surface area contributed by atoms with Crippen molar-refractivity contribution in [3.63, 3.8) is 0 Å². The van der Waals surface area contributed by atoms with Crippen molar-refractivity contribution < 1.29 is 4.79 Å². The Kier molecular flexibility index (Phi) is 7.02. The van der Waals surface area contributed by atoms with Crippen LogP contribution in [-0.4, -0.2) is 25.0 Å². The number of halogens is 1. The molecule has 1 heterocycles. The van der Waals surface area contributed by atoms with Crippen LogP contribution in [0.3, 0.4) is 0 Å². The average molecular weight is 275 g/mol. The molecular weight excluding hydrogens is 248 g/mol. The number of rotatable bonds is 4. The van der Waals surface area contributed by atoms with Crippen LogP contribution in [0.4, 0.5) is 0 Å². The Morgan fingerprint density at radius 1 is 1.22 bits per heavy atom. The van der Waals surface area contributed by atoms with Gasteiger partial charge in [0.1, 0.15) is 0 Å². The highest BCUT2D eigenvalue weighted by Gasteiger charge is 2.25. The van der Waals surface area contributed by atoms with Gasteiger partial charge in [0, 0.05) is 18.5 Å². The van der Waals surface area contributed by atoms with E-state index in [0.29, 0.717) is 17.9 Å². The smallest absolute Gasteiger partial charge is 0.223 e. The number of nitrogens with one attached hydrogen (secondary N) is 2. The minimum Gasteiger partial charge on any atom is -0.354 e. The van der Waals surface area contributed by atoms with Gasteiger partial charge in [-0.05, 0) is 51.0 Å². The Bertz CT molecular complexity index is 246. The topological polar surface area (TPSA) is 41.1 Å². The zero-order valence-corrected chi connectivity index (χ0v) is 12.2. The fraction of sp³-hybridized carbons (Fsp3) is 0.929. The minimum absolute atomic E-state index is 0. The van der Waals surface area contributed by atoms with Crippen molar-refractivity contribution in [2.24, 2.45) is 11.8 Å². The van der Waals surface area contributed by atoms with Gasteiger partial charge in [-0.1, -0.05) is 13.3 Å². The number of carbonyl (C=O) groups excluding carboxylic acids is 1. The first-order chi connectivity index (χ1) is 8.29. The molecule has 1 atom stereocenters. The van der Waals surface area contributed by atoms with E-state index >= 15 is 0 Å². The third-order valence-electron chi connectivity index (χ3n) is 4.48. The zero-order valence-electron chi connectivity index (χ0n) is 11.4. The highest BCUT2D eigenvalue weighted by atomic mass is 35.5. The molecule has 0 radical (unpaired) electrons. The largest absolute Gasteiger partial charge is 0.354 e. The fourth-order valence-electron chi connectivity index (χ4n) is 3.13. The molecule has 2 aliphatic rings. The molecule has 1 aliphatic heterocycles. The third-order valence-corrected chi connectivity index (χ3v) is 4.48. The van der Waals surface area contributed by atoms with Gasteiger partial charge in [-0.3, -0.25) is 4.79 Å². The maximum absolute atomic E-state index is 12.0. The van der Waals surface area contributed by atoms with Crippen molar-refractivity contribution in [3.8, 4) is 0 Å². The van der Waals surface area contributed by atoms with Crippen LogP contribution in [-0.2, 0) is 4.79 Å². The monoisotopic (exact) mass is 274 g/mol. The molecule has 0 aromatic carbocycles. The molecule has 2 fully saturated rings. The Balaban J connectivity index is 0.00000162. The Hall–Kier alpha value is -0.280. The Morgan fingerprint density at radius 3 is 2.50 bits per heavy atom. The lowest BCUT2D eigenvalue weighted by atomic mass is 9.80. The standard InChI is InChI=1S/C14H26N2O.ClH/c1-2-11-5-7-12(8-6-11)14(17)16-10-13-4-3-9-15-13;/h11-13,15H,2-10H2,1H3,(H,16,17);1H. The van der Waals surface area contributed by atoms with Crippen molar-refractivity contribution in [2.45, 2.75) is 57.9 Å². The first-order valence-corrected chi connectivity index (χ1v) is 7.30. The predicted octanol–water partition coefficient (Wildman–Crippen LogP) is 2.49. The molecule has 2 rings (SSSR count). The molecule has 0 spiro atoms. The fourth-order valence-corrected chi connectivity index (χ4v) is 3.13. The summed E-state index contributed by atoms with van der Waals surface area (Å²) in [5.41, 5.74) is 0. The zero-order chi connectivity index (χ0) is 12.1. The van der Waals surface area contributed by atoms with Gasteiger partial charge in [0.05, 0.1) is 0 Å². The number of hydrogen-bond donors (Lipinski definition) is 2. The molecule has 1 unspecified atom stereocenters. The molecule has 3 nitrogen and oxygen atoms in total. The van der Waals surface area contributed by atoms with Crippen LogP contribution in [0.15, 0.2) is 0 Å². The maximum atomic E-state index is 12.0. The predicted molar refractivity (Wildman–Crippen MR) is 77.0 cm³/mol. The summed E-state index contributed by atoms with van der Waals surface area (Å²) in [6.45, 7) is 4.20. The van der Waals surface area contributed by atoms with E-state index in [1.54, 1.807) is 0 Å². The van der Waals surface area contributed by atoms with Crippen LogP contribution in [0.25, 0.3) is 0 Å². The molecule has 2 N–H and O–H groups in total. The number of carbonyl (C=O) groups is 1. The average Bonchev–Trinajstić information content (AvgIpc) is 2.89. The molecular formula is C14H27ClN2O. The van der Waals surface area contributed by atoms with Gasteiger partial charge in [-0.15, -0.1) is 12.4 Å². The van der Waals surface area contributed by atoms with Crippen molar-refractivity contribution in [1.82, 2.24) is 10.6 Å². The highest BCUT2D eigenvalue weighted by Crippen LogP contribution is 2.30. The molecule has 18 heavy (non-hydrogen) atoms. The lowest BCUT2D eigenvalue weighted by Crippen LogP contribution is -2.40. The Morgan fingerprint density at radius 2 is 1.94 bits per heavy atom. The lowest BCUT2D eigenvalue weighted by Gasteiger charge is -2.27. The molecule has 4 heteroatoms. The normalized spacial score (nSPS) is 31.7. The third kappa shape index (κ3) is 4.43. The van der Waals surface area contributed by atoms with Crippen LogP contribution in [0.2, 0.25) is 0 Å². The second-order valence-electron chi connectivity index (χ2n) is 5.66. The van der Waals surface area contributed by atoms with E-state index in [1.165, 1.54) is 32.1 Å². The molecule has 1 saturated carbocycles. The van der Waals surface area contributed by atoms with Crippen LogP contribution in [0.1, 0.15) is 51.9 Å². The number of hydrogen-bond acceptors (Lipinski definition) is 2. The summed E-state index contributed by atoms with van der Waals surface area (Å²) in [6.07, 6.45) is 8.43. The number of amides is 1.